The molecule has 3 heteroatoms. The van der Waals surface area contributed by atoms with Crippen molar-refractivity contribution < 1.29 is 4.11 Å². The van der Waals surface area contributed by atoms with Crippen molar-refractivity contribution in [3.63, 3.8) is 0 Å². The van der Waals surface area contributed by atoms with E-state index in [0.29, 0.717) is 0 Å². The Kier molecular flexibility index (Phi) is 1.85. The lowest BCUT2D eigenvalue weighted by Gasteiger charge is -1.97. The molecule has 0 fully saturated rings. The number of halogens is 1. The van der Waals surface area contributed by atoms with Crippen molar-refractivity contribution in [3.8, 4) is 0 Å². The molecule has 72 valence electrons. The van der Waals surface area contributed by atoms with Gasteiger partial charge in [0.2, 0.25) is 0 Å². The third-order valence-corrected chi connectivity index (χ3v) is 3.32. The summed E-state index contributed by atoms with van der Waals surface area (Å²) in [5.74, 6) is 0. The van der Waals surface area contributed by atoms with Crippen LogP contribution in [0.4, 0.5) is 4.11 Å². The van der Waals surface area contributed by atoms with Crippen LogP contribution in [0.15, 0.2) is 48.5 Å². The first-order valence-corrected chi connectivity index (χ1v) is 5.59. The lowest BCUT2D eigenvalue weighted by atomic mass is 10.2. The van der Waals surface area contributed by atoms with Gasteiger partial charge in [0.05, 0.1) is 0 Å². The van der Waals surface area contributed by atoms with Crippen molar-refractivity contribution in [2.45, 2.75) is 0 Å². The highest BCUT2D eigenvalue weighted by atomic mass is 28.3. The van der Waals surface area contributed by atoms with Crippen LogP contribution in [0.3, 0.4) is 0 Å². The predicted octanol–water partition coefficient (Wildman–Crippen LogP) is 3.15. The Morgan fingerprint density at radius 3 is 1.73 bits per heavy atom. The van der Waals surface area contributed by atoms with Crippen molar-refractivity contribution in [2.24, 2.45) is 0 Å². The molecule has 1 aromatic heterocycles. The number of nitrogens with zero attached hydrogens (tertiary/aromatic N) is 1. The summed E-state index contributed by atoms with van der Waals surface area (Å²) < 4.78 is 14.7. The van der Waals surface area contributed by atoms with Gasteiger partial charge in [-0.3, -0.25) is 4.11 Å². The Morgan fingerprint density at radius 2 is 1.27 bits per heavy atom. The highest BCUT2D eigenvalue weighted by molar-refractivity contribution is 6.32. The van der Waals surface area contributed by atoms with E-state index in [-0.39, 0.29) is 0 Å². The summed E-state index contributed by atoms with van der Waals surface area (Å²) in [5, 5.41) is 2.25. The number of benzene rings is 2. The lowest BCUT2D eigenvalue weighted by molar-refractivity contribution is 0.846. The van der Waals surface area contributed by atoms with Gasteiger partial charge in [-0.15, -0.1) is 0 Å². The van der Waals surface area contributed by atoms with E-state index in [1.165, 1.54) is 0 Å². The highest BCUT2D eigenvalue weighted by Gasteiger charge is 2.09. The highest BCUT2D eigenvalue weighted by Crippen LogP contribution is 2.27. The van der Waals surface area contributed by atoms with Crippen LogP contribution in [0.25, 0.3) is 21.8 Å². The fourth-order valence-corrected chi connectivity index (χ4v) is 2.59. The molecule has 3 aromatic rings. The summed E-state index contributed by atoms with van der Waals surface area (Å²) in [4.78, 5) is 0. The third kappa shape index (κ3) is 1.13. The molecular weight excluding hydrogens is 205 g/mol. The van der Waals surface area contributed by atoms with Crippen LogP contribution in [0.5, 0.6) is 0 Å². The monoisotopic (exact) mass is 213 g/mol. The van der Waals surface area contributed by atoms with Crippen LogP contribution in [-0.2, 0) is 0 Å². The lowest BCUT2D eigenvalue weighted by Crippen LogP contribution is -1.98. The number of rotatable bonds is 1. The molecule has 1 heterocycles. The van der Waals surface area contributed by atoms with Gasteiger partial charge in [0.25, 0.3) is 0 Å². The van der Waals surface area contributed by atoms with Crippen LogP contribution in [0.2, 0.25) is 0 Å². The van der Waals surface area contributed by atoms with E-state index in [1.54, 1.807) is 4.23 Å². The molecule has 2 radical (unpaired) electrons. The van der Waals surface area contributed by atoms with E-state index in [4.69, 9.17) is 0 Å². The number of para-hydroxylation sites is 2. The molecule has 0 N–H and O–H groups in total. The average molecular weight is 213 g/mol. The van der Waals surface area contributed by atoms with E-state index in [0.717, 1.165) is 21.8 Å². The van der Waals surface area contributed by atoms with E-state index < -0.39 is 10.0 Å². The van der Waals surface area contributed by atoms with Gasteiger partial charge in [-0.1, -0.05) is 36.4 Å². The van der Waals surface area contributed by atoms with Crippen molar-refractivity contribution in [1.82, 2.24) is 4.23 Å². The van der Waals surface area contributed by atoms with Crippen molar-refractivity contribution in [1.29, 1.82) is 0 Å². The van der Waals surface area contributed by atoms with Crippen LogP contribution >= 0.6 is 0 Å². The second-order valence-electron chi connectivity index (χ2n) is 3.45. The van der Waals surface area contributed by atoms with Crippen molar-refractivity contribution >= 4 is 31.8 Å². The fourth-order valence-electron chi connectivity index (χ4n) is 2.01. The molecule has 1 nitrogen and oxygen atoms in total. The molecule has 0 saturated heterocycles. The first-order chi connectivity index (χ1) is 7.42. The maximum absolute atomic E-state index is 13.0. The second-order valence-corrected chi connectivity index (χ2v) is 4.07. The molecule has 0 spiro atoms. The summed E-state index contributed by atoms with van der Waals surface area (Å²) in [6.45, 7) is 0. The van der Waals surface area contributed by atoms with Gasteiger partial charge < -0.3 is 4.23 Å². The molecule has 0 aliphatic carbocycles. The first-order valence-electron chi connectivity index (χ1n) is 4.76. The number of hydrogen-bond donors (Lipinski definition) is 0. The summed E-state index contributed by atoms with van der Waals surface area (Å²) in [7, 11) is -0.721. The Labute approximate surface area is 89.2 Å². The van der Waals surface area contributed by atoms with E-state index >= 15 is 0 Å². The molecule has 15 heavy (non-hydrogen) atoms. The smallest absolute Gasteiger partial charge is 0.339 e. The maximum Gasteiger partial charge on any atom is 0.443 e. The summed E-state index contributed by atoms with van der Waals surface area (Å²) in [6, 6.07) is 15.9. The van der Waals surface area contributed by atoms with E-state index in [1.807, 2.05) is 48.5 Å². The first kappa shape index (κ1) is 8.68. The molecule has 0 amide bonds. The van der Waals surface area contributed by atoms with Gasteiger partial charge in [-0.05, 0) is 12.1 Å². The Bertz CT molecular complexity index is 576. The molecular formula is C12H8FNSi. The van der Waals surface area contributed by atoms with Crippen molar-refractivity contribution in [3.05, 3.63) is 48.5 Å². The largest absolute Gasteiger partial charge is 0.443 e. The number of fused-ring (bicyclic) bond motifs is 3. The molecule has 0 saturated carbocycles. The number of aromatic nitrogens is 1. The van der Waals surface area contributed by atoms with Crippen LogP contribution < -0.4 is 0 Å². The van der Waals surface area contributed by atoms with Crippen LogP contribution in [0, 0.1) is 0 Å². The number of hydrogen-bond acceptors (Lipinski definition) is 0. The Balaban J connectivity index is 2.62. The minimum atomic E-state index is -0.721. The standard InChI is InChI=1S/C12H8FNSi/c13-15-14-11-7-3-1-5-9(11)10-6-2-4-8-12(10)14/h1-8H. The zero-order chi connectivity index (χ0) is 10.3. The maximum atomic E-state index is 13.0. The summed E-state index contributed by atoms with van der Waals surface area (Å²) in [5.41, 5.74) is 1.94. The molecule has 0 aliphatic heterocycles. The zero-order valence-corrected chi connectivity index (χ0v) is 8.94. The van der Waals surface area contributed by atoms with Gasteiger partial charge in [0.15, 0.2) is 0 Å². The third-order valence-electron chi connectivity index (χ3n) is 2.66. The topological polar surface area (TPSA) is 4.93 Å². The Morgan fingerprint density at radius 1 is 0.800 bits per heavy atom. The minimum Gasteiger partial charge on any atom is -0.339 e. The van der Waals surface area contributed by atoms with Gasteiger partial charge in [-0.2, -0.15) is 0 Å². The normalized spacial score (nSPS) is 11.3. The summed E-state index contributed by atoms with van der Waals surface area (Å²) >= 11 is 0. The van der Waals surface area contributed by atoms with Crippen molar-refractivity contribution in [2.75, 3.05) is 0 Å². The van der Waals surface area contributed by atoms with E-state index in [9.17, 15) is 4.11 Å². The molecule has 0 bridgehead atoms. The van der Waals surface area contributed by atoms with Crippen LogP contribution in [0.1, 0.15) is 0 Å². The van der Waals surface area contributed by atoms with E-state index in [2.05, 4.69) is 0 Å². The molecule has 2 aromatic carbocycles. The Hall–Kier alpha value is -1.61. The predicted molar refractivity (Wildman–Crippen MR) is 61.7 cm³/mol. The molecule has 0 atom stereocenters. The van der Waals surface area contributed by atoms with Gasteiger partial charge in [0.1, 0.15) is 0 Å². The molecule has 3 rings (SSSR count). The summed E-state index contributed by atoms with van der Waals surface area (Å²) in [6.07, 6.45) is 0. The molecule has 0 unspecified atom stereocenters. The quantitative estimate of drug-likeness (QED) is 0.432. The average Bonchev–Trinajstić information content (AvgIpc) is 2.63. The van der Waals surface area contributed by atoms with Crippen LogP contribution in [-0.4, -0.2) is 14.2 Å². The SMILES string of the molecule is F[Si]n1c2ccccc2c2ccccc21. The molecule has 0 aliphatic rings. The second kappa shape index (κ2) is 3.20. The van der Waals surface area contributed by atoms with Gasteiger partial charge in [0, 0.05) is 21.8 Å². The van der Waals surface area contributed by atoms with Gasteiger partial charge in [-0.25, -0.2) is 0 Å². The fraction of sp³-hybridized carbons (Fsp3) is 0. The van der Waals surface area contributed by atoms with Gasteiger partial charge >= 0.3 is 10.0 Å². The zero-order valence-electron chi connectivity index (χ0n) is 7.94. The minimum absolute atomic E-state index is 0.721.